The van der Waals surface area contributed by atoms with Crippen LogP contribution in [0.4, 0.5) is 4.39 Å². The molecule has 0 heterocycles. The van der Waals surface area contributed by atoms with Crippen LogP contribution in [0.15, 0.2) is 78.9 Å². The van der Waals surface area contributed by atoms with Crippen LogP contribution in [0.2, 0.25) is 5.02 Å². The topological polar surface area (TPSA) is 49.4 Å². The summed E-state index contributed by atoms with van der Waals surface area (Å²) in [5.74, 6) is -0.112. The second-order valence-corrected chi connectivity index (χ2v) is 11.1. The lowest BCUT2D eigenvalue weighted by molar-refractivity contribution is -0.140. The van der Waals surface area contributed by atoms with Crippen molar-refractivity contribution in [3.63, 3.8) is 0 Å². The van der Waals surface area contributed by atoms with Gasteiger partial charge in [-0.2, -0.15) is 0 Å². The number of hydrogen-bond acceptors (Lipinski definition) is 3. The standard InChI is InChI=1S/C29H32ClFN2O2S/c1-29(2,3)32-28(35)26(17-21-9-5-4-6-10-21)33(18-23-11-7-8-12-25(23)31)27(34)20-36-19-22-13-15-24(30)16-14-22/h4-16,26H,17-20H2,1-3H3,(H,32,35)/t26-/m1/s1. The van der Waals surface area contributed by atoms with Crippen molar-refractivity contribution in [1.82, 2.24) is 10.2 Å². The van der Waals surface area contributed by atoms with Gasteiger partial charge in [0.25, 0.3) is 0 Å². The summed E-state index contributed by atoms with van der Waals surface area (Å²) in [6, 6.07) is 22.6. The number of nitrogens with one attached hydrogen (secondary N) is 1. The van der Waals surface area contributed by atoms with Crippen LogP contribution >= 0.6 is 23.4 Å². The summed E-state index contributed by atoms with van der Waals surface area (Å²) in [6.45, 7) is 5.70. The molecule has 36 heavy (non-hydrogen) atoms. The Morgan fingerprint density at radius 2 is 1.58 bits per heavy atom. The van der Waals surface area contributed by atoms with E-state index < -0.39 is 17.4 Å². The molecule has 0 aromatic heterocycles. The fourth-order valence-electron chi connectivity index (χ4n) is 3.74. The van der Waals surface area contributed by atoms with E-state index in [0.29, 0.717) is 22.8 Å². The van der Waals surface area contributed by atoms with Gasteiger partial charge in [-0.1, -0.05) is 72.3 Å². The molecule has 3 aromatic carbocycles. The van der Waals surface area contributed by atoms with Crippen molar-refractivity contribution in [1.29, 1.82) is 0 Å². The van der Waals surface area contributed by atoms with Gasteiger partial charge < -0.3 is 10.2 Å². The zero-order chi connectivity index (χ0) is 26.1. The molecule has 0 aliphatic heterocycles. The van der Waals surface area contributed by atoms with E-state index in [1.807, 2.05) is 75.4 Å². The smallest absolute Gasteiger partial charge is 0.243 e. The number of rotatable bonds is 10. The summed E-state index contributed by atoms with van der Waals surface area (Å²) in [7, 11) is 0. The average molecular weight is 527 g/mol. The number of carbonyl (C=O) groups excluding carboxylic acids is 2. The average Bonchev–Trinajstić information content (AvgIpc) is 2.83. The Morgan fingerprint density at radius 1 is 0.944 bits per heavy atom. The highest BCUT2D eigenvalue weighted by molar-refractivity contribution is 7.99. The largest absolute Gasteiger partial charge is 0.350 e. The summed E-state index contributed by atoms with van der Waals surface area (Å²) in [6.07, 6.45) is 0.324. The van der Waals surface area contributed by atoms with Crippen molar-refractivity contribution in [3.8, 4) is 0 Å². The molecule has 2 amide bonds. The molecule has 3 aromatic rings. The molecule has 0 bridgehead atoms. The first-order chi connectivity index (χ1) is 17.1. The third-order valence-corrected chi connectivity index (χ3v) is 6.72. The SMILES string of the molecule is CC(C)(C)NC(=O)[C@@H](Cc1ccccc1)N(Cc1ccccc1F)C(=O)CSCc1ccc(Cl)cc1. The zero-order valence-corrected chi connectivity index (χ0v) is 22.4. The molecule has 0 aliphatic rings. The normalized spacial score (nSPS) is 12.1. The lowest BCUT2D eigenvalue weighted by Crippen LogP contribution is -2.54. The Morgan fingerprint density at radius 3 is 2.22 bits per heavy atom. The van der Waals surface area contributed by atoms with Gasteiger partial charge in [0, 0.05) is 34.8 Å². The van der Waals surface area contributed by atoms with Crippen LogP contribution < -0.4 is 5.32 Å². The molecular formula is C29H32ClFN2O2S. The summed E-state index contributed by atoms with van der Waals surface area (Å²) in [4.78, 5) is 28.6. The van der Waals surface area contributed by atoms with Crippen molar-refractivity contribution in [2.24, 2.45) is 0 Å². The van der Waals surface area contributed by atoms with Crippen LogP contribution in [0.25, 0.3) is 0 Å². The van der Waals surface area contributed by atoms with Gasteiger partial charge in [0.1, 0.15) is 11.9 Å². The molecule has 0 aliphatic carbocycles. The Labute approximate surface area is 222 Å². The van der Waals surface area contributed by atoms with Gasteiger partial charge in [-0.25, -0.2) is 4.39 Å². The predicted octanol–water partition coefficient (Wildman–Crippen LogP) is 6.27. The number of halogens is 2. The van der Waals surface area contributed by atoms with Crippen LogP contribution in [-0.4, -0.2) is 34.0 Å². The van der Waals surface area contributed by atoms with E-state index in [2.05, 4.69) is 5.32 Å². The fraction of sp³-hybridized carbons (Fsp3) is 0.310. The van der Waals surface area contributed by atoms with Gasteiger partial charge in [-0.05, 0) is 50.1 Å². The van der Waals surface area contributed by atoms with Crippen molar-refractivity contribution in [3.05, 3.63) is 106 Å². The van der Waals surface area contributed by atoms with Gasteiger partial charge in [0.05, 0.1) is 5.75 Å². The number of amides is 2. The number of hydrogen-bond donors (Lipinski definition) is 1. The van der Waals surface area contributed by atoms with Gasteiger partial charge >= 0.3 is 0 Å². The van der Waals surface area contributed by atoms with Crippen LogP contribution in [0, 0.1) is 5.82 Å². The van der Waals surface area contributed by atoms with Crippen LogP contribution in [0.3, 0.4) is 0 Å². The molecule has 1 N–H and O–H groups in total. The first-order valence-corrected chi connectivity index (χ1v) is 13.4. The molecule has 190 valence electrons. The minimum Gasteiger partial charge on any atom is -0.350 e. The second-order valence-electron chi connectivity index (χ2n) is 9.68. The minimum absolute atomic E-state index is 0.00206. The Hall–Kier alpha value is -2.83. The molecule has 0 saturated carbocycles. The van der Waals surface area contributed by atoms with E-state index in [1.54, 1.807) is 18.2 Å². The molecular weight excluding hydrogens is 495 g/mol. The highest BCUT2D eigenvalue weighted by Gasteiger charge is 2.32. The summed E-state index contributed by atoms with van der Waals surface area (Å²) in [5, 5.41) is 3.67. The summed E-state index contributed by atoms with van der Waals surface area (Å²) >= 11 is 7.42. The second kappa shape index (κ2) is 12.9. The zero-order valence-electron chi connectivity index (χ0n) is 20.8. The van der Waals surface area contributed by atoms with Crippen LogP contribution in [-0.2, 0) is 28.3 Å². The highest BCUT2D eigenvalue weighted by atomic mass is 35.5. The Bertz CT molecular complexity index is 1150. The van der Waals surface area contributed by atoms with Gasteiger partial charge in [0.15, 0.2) is 0 Å². The van der Waals surface area contributed by atoms with Crippen LogP contribution in [0.5, 0.6) is 0 Å². The van der Waals surface area contributed by atoms with Gasteiger partial charge in [-0.3, -0.25) is 9.59 Å². The number of benzene rings is 3. The number of thioether (sulfide) groups is 1. The maximum absolute atomic E-state index is 14.6. The molecule has 0 radical (unpaired) electrons. The molecule has 3 rings (SSSR count). The first kappa shape index (κ1) is 27.8. The summed E-state index contributed by atoms with van der Waals surface area (Å²) in [5.41, 5.74) is 1.85. The summed E-state index contributed by atoms with van der Waals surface area (Å²) < 4.78 is 14.6. The van der Waals surface area contributed by atoms with E-state index in [-0.39, 0.29) is 24.1 Å². The monoisotopic (exact) mass is 526 g/mol. The van der Waals surface area contributed by atoms with Crippen molar-refractivity contribution < 1.29 is 14.0 Å². The Balaban J connectivity index is 1.87. The Kier molecular flexibility index (Phi) is 9.97. The van der Waals surface area contributed by atoms with E-state index in [9.17, 15) is 14.0 Å². The van der Waals surface area contributed by atoms with Crippen molar-refractivity contribution >= 4 is 35.2 Å². The third-order valence-electron chi connectivity index (χ3n) is 5.48. The minimum atomic E-state index is -0.796. The van der Waals surface area contributed by atoms with E-state index in [1.165, 1.54) is 22.7 Å². The maximum Gasteiger partial charge on any atom is 0.243 e. The first-order valence-electron chi connectivity index (χ1n) is 11.8. The van der Waals surface area contributed by atoms with E-state index in [0.717, 1.165) is 11.1 Å². The number of carbonyl (C=O) groups is 2. The van der Waals surface area contributed by atoms with E-state index in [4.69, 9.17) is 11.6 Å². The lowest BCUT2D eigenvalue weighted by Gasteiger charge is -2.34. The lowest BCUT2D eigenvalue weighted by atomic mass is 10.0. The fourth-order valence-corrected chi connectivity index (χ4v) is 4.73. The molecule has 0 fully saturated rings. The quantitative estimate of drug-likeness (QED) is 0.339. The molecule has 0 spiro atoms. The van der Waals surface area contributed by atoms with E-state index >= 15 is 0 Å². The highest BCUT2D eigenvalue weighted by Crippen LogP contribution is 2.21. The molecule has 7 heteroatoms. The maximum atomic E-state index is 14.6. The third kappa shape index (κ3) is 8.68. The molecule has 0 saturated heterocycles. The molecule has 0 unspecified atom stereocenters. The van der Waals surface area contributed by atoms with Crippen molar-refractivity contribution in [2.45, 2.75) is 51.1 Å². The van der Waals surface area contributed by atoms with Crippen LogP contribution in [0.1, 0.15) is 37.5 Å². The molecule has 1 atom stereocenters. The predicted molar refractivity (Wildman–Crippen MR) is 146 cm³/mol. The molecule has 4 nitrogen and oxygen atoms in total. The van der Waals surface area contributed by atoms with Crippen molar-refractivity contribution in [2.75, 3.05) is 5.75 Å². The van der Waals surface area contributed by atoms with Gasteiger partial charge in [-0.15, -0.1) is 11.8 Å². The van der Waals surface area contributed by atoms with Gasteiger partial charge in [0.2, 0.25) is 11.8 Å². The number of nitrogens with zero attached hydrogens (tertiary/aromatic N) is 1.